The van der Waals surface area contributed by atoms with Gasteiger partial charge in [-0.25, -0.2) is 9.97 Å². The van der Waals surface area contributed by atoms with Crippen molar-refractivity contribution in [1.29, 1.82) is 0 Å². The van der Waals surface area contributed by atoms with Crippen LogP contribution in [-0.4, -0.2) is 15.8 Å². The zero-order valence-corrected chi connectivity index (χ0v) is 27.8. The molecular weight excluding hydrogens is 621 g/mol. The van der Waals surface area contributed by atoms with Crippen molar-refractivity contribution in [1.82, 2.24) is 9.97 Å². The lowest BCUT2D eigenvalue weighted by molar-refractivity contribution is 0.103. The van der Waals surface area contributed by atoms with Gasteiger partial charge in [-0.1, -0.05) is 182 Å². The first kappa shape index (κ1) is 30.4. The fraction of sp³-hybridized carbons (Fsp3) is 0.0208. The zero-order chi connectivity index (χ0) is 34.2. The van der Waals surface area contributed by atoms with Crippen LogP contribution in [0.4, 0.5) is 0 Å². The monoisotopic (exact) mass is 652 g/mol. The van der Waals surface area contributed by atoms with Gasteiger partial charge in [0.05, 0.1) is 16.8 Å². The van der Waals surface area contributed by atoms with E-state index in [0.717, 1.165) is 72.6 Å². The summed E-state index contributed by atoms with van der Waals surface area (Å²) in [5, 5.41) is 0. The van der Waals surface area contributed by atoms with Crippen LogP contribution in [-0.2, 0) is 5.41 Å². The Morgan fingerprint density at radius 3 is 1.47 bits per heavy atom. The van der Waals surface area contributed by atoms with E-state index in [0.29, 0.717) is 5.82 Å². The first-order valence-corrected chi connectivity index (χ1v) is 17.2. The van der Waals surface area contributed by atoms with Gasteiger partial charge in [-0.15, -0.1) is 0 Å². The molecule has 1 aromatic heterocycles. The Hall–Kier alpha value is -6.71. The summed E-state index contributed by atoms with van der Waals surface area (Å²) < 4.78 is 0. The maximum atomic E-state index is 14.0. The van der Waals surface area contributed by atoms with Crippen LogP contribution >= 0.6 is 0 Å². The van der Waals surface area contributed by atoms with Gasteiger partial charge in [-0.3, -0.25) is 4.79 Å². The van der Waals surface area contributed by atoms with E-state index in [1.54, 1.807) is 0 Å². The number of benzene rings is 7. The van der Waals surface area contributed by atoms with E-state index in [2.05, 4.69) is 115 Å². The van der Waals surface area contributed by atoms with Crippen LogP contribution in [0.5, 0.6) is 0 Å². The number of rotatable bonds is 6. The van der Waals surface area contributed by atoms with Gasteiger partial charge >= 0.3 is 0 Å². The Balaban J connectivity index is 1.28. The van der Waals surface area contributed by atoms with Crippen molar-refractivity contribution < 1.29 is 4.79 Å². The van der Waals surface area contributed by atoms with Crippen molar-refractivity contribution >= 4 is 5.78 Å². The largest absolute Gasteiger partial charge is 0.289 e. The van der Waals surface area contributed by atoms with Crippen LogP contribution in [0.3, 0.4) is 0 Å². The summed E-state index contributed by atoms with van der Waals surface area (Å²) in [6.45, 7) is 0. The molecule has 240 valence electrons. The maximum Gasteiger partial charge on any atom is 0.193 e. The van der Waals surface area contributed by atoms with Crippen molar-refractivity contribution in [2.45, 2.75) is 5.41 Å². The van der Waals surface area contributed by atoms with Crippen LogP contribution in [0.25, 0.3) is 45.0 Å². The molecule has 3 heteroatoms. The normalized spacial score (nSPS) is 12.9. The lowest BCUT2D eigenvalue weighted by Crippen LogP contribution is -2.38. The first-order valence-electron chi connectivity index (χ1n) is 17.2. The Bertz CT molecular complexity index is 2430. The number of hydrogen-bond donors (Lipinski definition) is 0. The highest BCUT2D eigenvalue weighted by Crippen LogP contribution is 2.51. The summed E-state index contributed by atoms with van der Waals surface area (Å²) in [6, 6.07) is 66.5. The summed E-state index contributed by atoms with van der Waals surface area (Å²) in [4.78, 5) is 24.2. The fourth-order valence-electron chi connectivity index (χ4n) is 7.72. The molecule has 0 radical (unpaired) electrons. The molecule has 0 aliphatic heterocycles. The van der Waals surface area contributed by atoms with Crippen molar-refractivity contribution in [3.63, 3.8) is 0 Å². The first-order chi connectivity index (χ1) is 25.2. The quantitative estimate of drug-likeness (QED) is 0.180. The van der Waals surface area contributed by atoms with Crippen molar-refractivity contribution in [3.05, 3.63) is 228 Å². The lowest BCUT2D eigenvalue weighted by Gasteiger charge is -2.41. The molecular formula is C48H32N2O. The van der Waals surface area contributed by atoms with Gasteiger partial charge in [0.15, 0.2) is 11.6 Å². The minimum absolute atomic E-state index is 0.0569. The highest BCUT2D eigenvalue weighted by molar-refractivity contribution is 6.14. The second-order valence-corrected chi connectivity index (χ2v) is 12.9. The third-order valence-electron chi connectivity index (χ3n) is 10.00. The van der Waals surface area contributed by atoms with Crippen LogP contribution in [0.15, 0.2) is 194 Å². The maximum absolute atomic E-state index is 14.0. The number of fused-ring (bicyclic) bond motifs is 2. The molecule has 0 unspecified atom stereocenters. The lowest BCUT2D eigenvalue weighted by atomic mass is 9.59. The Morgan fingerprint density at radius 2 is 0.824 bits per heavy atom. The van der Waals surface area contributed by atoms with E-state index in [4.69, 9.17) is 9.97 Å². The van der Waals surface area contributed by atoms with E-state index in [9.17, 15) is 4.79 Å². The van der Waals surface area contributed by atoms with E-state index in [1.165, 1.54) is 0 Å². The molecule has 1 heterocycles. The zero-order valence-electron chi connectivity index (χ0n) is 27.8. The Labute approximate surface area is 297 Å². The molecule has 1 aliphatic rings. The molecule has 0 bridgehead atoms. The molecule has 0 N–H and O–H groups in total. The summed E-state index contributed by atoms with van der Waals surface area (Å²) >= 11 is 0. The molecule has 3 nitrogen and oxygen atoms in total. The smallest absolute Gasteiger partial charge is 0.193 e. The molecule has 0 saturated heterocycles. The van der Waals surface area contributed by atoms with Gasteiger partial charge in [0, 0.05) is 27.8 Å². The van der Waals surface area contributed by atoms with E-state index in [-0.39, 0.29) is 5.78 Å². The van der Waals surface area contributed by atoms with Crippen LogP contribution < -0.4 is 0 Å². The highest BCUT2D eigenvalue weighted by Gasteiger charge is 2.46. The van der Waals surface area contributed by atoms with Gasteiger partial charge in [-0.05, 0) is 45.5 Å². The number of aromatic nitrogens is 2. The van der Waals surface area contributed by atoms with E-state index < -0.39 is 5.41 Å². The predicted molar refractivity (Wildman–Crippen MR) is 206 cm³/mol. The van der Waals surface area contributed by atoms with Crippen molar-refractivity contribution in [3.8, 4) is 45.0 Å². The Kier molecular flexibility index (Phi) is 7.52. The number of carbonyl (C=O) groups excluding carboxylic acids is 1. The van der Waals surface area contributed by atoms with Gasteiger partial charge in [0.1, 0.15) is 0 Å². The van der Waals surface area contributed by atoms with Gasteiger partial charge < -0.3 is 0 Å². The second kappa shape index (κ2) is 12.6. The summed E-state index contributed by atoms with van der Waals surface area (Å²) in [5.74, 6) is 0.736. The average molecular weight is 653 g/mol. The average Bonchev–Trinajstić information content (AvgIpc) is 3.22. The SMILES string of the molecule is O=C1c2ccccc2C(c2ccccc2)(c2cccc(-c3ccccc3-c3cc(-c4ccccc4)nc(-c4ccccc4)n3)c2)c2ccccc21. The molecule has 1 aliphatic carbocycles. The minimum atomic E-state index is -0.719. The molecule has 0 spiro atoms. The second-order valence-electron chi connectivity index (χ2n) is 12.9. The molecule has 0 atom stereocenters. The fourth-order valence-corrected chi connectivity index (χ4v) is 7.72. The third-order valence-corrected chi connectivity index (χ3v) is 10.00. The summed E-state index contributed by atoms with van der Waals surface area (Å²) in [5.41, 5.74) is 11.8. The predicted octanol–water partition coefficient (Wildman–Crippen LogP) is 11.1. The molecule has 51 heavy (non-hydrogen) atoms. The number of ketones is 1. The minimum Gasteiger partial charge on any atom is -0.289 e. The highest BCUT2D eigenvalue weighted by atomic mass is 16.1. The van der Waals surface area contributed by atoms with Gasteiger partial charge in [-0.2, -0.15) is 0 Å². The molecule has 0 amide bonds. The van der Waals surface area contributed by atoms with Gasteiger partial charge in [0.2, 0.25) is 0 Å². The third kappa shape index (κ3) is 5.10. The molecule has 8 aromatic rings. The number of hydrogen-bond acceptors (Lipinski definition) is 3. The van der Waals surface area contributed by atoms with Crippen LogP contribution in [0.2, 0.25) is 0 Å². The number of nitrogens with zero attached hydrogens (tertiary/aromatic N) is 2. The summed E-state index contributed by atoms with van der Waals surface area (Å²) in [6.07, 6.45) is 0. The van der Waals surface area contributed by atoms with Crippen molar-refractivity contribution in [2.75, 3.05) is 0 Å². The van der Waals surface area contributed by atoms with E-state index >= 15 is 0 Å². The molecule has 0 saturated carbocycles. The molecule has 9 rings (SSSR count). The van der Waals surface area contributed by atoms with Gasteiger partial charge in [0.25, 0.3) is 0 Å². The van der Waals surface area contributed by atoms with Crippen molar-refractivity contribution in [2.24, 2.45) is 0 Å². The topological polar surface area (TPSA) is 42.9 Å². The van der Waals surface area contributed by atoms with E-state index in [1.807, 2.05) is 78.9 Å². The standard InChI is InChI=1S/C48H32N2O/c51-46-40-27-12-14-29-42(40)48(36-22-8-3-9-23-36,43-30-15-13-28-41(43)46)37-24-16-21-35(31-37)38-25-10-11-26-39(38)45-32-44(33-17-4-1-5-18-33)49-47(50-45)34-19-6-2-7-20-34/h1-32H. The Morgan fingerprint density at radius 1 is 0.353 bits per heavy atom. The molecule has 7 aromatic carbocycles. The summed E-state index contributed by atoms with van der Waals surface area (Å²) in [7, 11) is 0. The number of carbonyl (C=O) groups is 1. The van der Waals surface area contributed by atoms with Crippen LogP contribution in [0.1, 0.15) is 38.2 Å². The van der Waals surface area contributed by atoms with Crippen LogP contribution in [0, 0.1) is 0 Å². The molecule has 0 fully saturated rings.